The normalized spacial score (nSPS) is 21.6. The van der Waals surface area contributed by atoms with Crippen molar-refractivity contribution < 1.29 is 19.7 Å². The van der Waals surface area contributed by atoms with Crippen molar-refractivity contribution in [2.75, 3.05) is 13.2 Å². The summed E-state index contributed by atoms with van der Waals surface area (Å²) in [5, 5.41) is 19.2. The lowest BCUT2D eigenvalue weighted by molar-refractivity contribution is -0.148. The Morgan fingerprint density at radius 2 is 2.06 bits per heavy atom. The van der Waals surface area contributed by atoms with Crippen LogP contribution in [0.1, 0.15) is 39.0 Å². The van der Waals surface area contributed by atoms with Gasteiger partial charge < -0.3 is 14.9 Å². The Kier molecular flexibility index (Phi) is 5.77. The molecule has 0 aromatic carbocycles. The average molecular weight is 230 g/mol. The third kappa shape index (κ3) is 3.76. The van der Waals surface area contributed by atoms with Gasteiger partial charge in [-0.1, -0.05) is 19.8 Å². The van der Waals surface area contributed by atoms with Crippen LogP contribution < -0.4 is 0 Å². The third-order valence-electron chi connectivity index (χ3n) is 3.35. The van der Waals surface area contributed by atoms with E-state index in [4.69, 9.17) is 9.84 Å². The largest absolute Gasteiger partial charge is 0.481 e. The van der Waals surface area contributed by atoms with Gasteiger partial charge in [-0.25, -0.2) is 0 Å². The van der Waals surface area contributed by atoms with E-state index in [0.717, 1.165) is 25.7 Å². The molecule has 94 valence electrons. The van der Waals surface area contributed by atoms with Crippen molar-refractivity contribution in [2.24, 2.45) is 11.8 Å². The first-order valence-electron chi connectivity index (χ1n) is 6.15. The SMILES string of the molecule is CCCCC(C(=O)O)C(O)C1CCOCC1. The van der Waals surface area contributed by atoms with Crippen molar-refractivity contribution in [1.82, 2.24) is 0 Å². The Labute approximate surface area is 96.6 Å². The molecule has 0 aliphatic carbocycles. The maximum atomic E-state index is 11.1. The summed E-state index contributed by atoms with van der Waals surface area (Å²) in [6, 6.07) is 0. The van der Waals surface area contributed by atoms with Gasteiger partial charge in [0.25, 0.3) is 0 Å². The van der Waals surface area contributed by atoms with Crippen LogP contribution in [0.3, 0.4) is 0 Å². The van der Waals surface area contributed by atoms with Crippen LogP contribution in [0, 0.1) is 11.8 Å². The highest BCUT2D eigenvalue weighted by atomic mass is 16.5. The summed E-state index contributed by atoms with van der Waals surface area (Å²) >= 11 is 0. The zero-order valence-electron chi connectivity index (χ0n) is 9.89. The number of rotatable bonds is 6. The Bertz CT molecular complexity index is 211. The molecule has 1 aliphatic rings. The Hall–Kier alpha value is -0.610. The second-order valence-electron chi connectivity index (χ2n) is 4.53. The van der Waals surface area contributed by atoms with Crippen LogP contribution in [0.4, 0.5) is 0 Å². The monoisotopic (exact) mass is 230 g/mol. The molecule has 1 saturated heterocycles. The van der Waals surface area contributed by atoms with Gasteiger partial charge in [0.2, 0.25) is 0 Å². The zero-order valence-corrected chi connectivity index (χ0v) is 9.89. The molecule has 0 bridgehead atoms. The lowest BCUT2D eigenvalue weighted by atomic mass is 9.83. The molecule has 0 spiro atoms. The van der Waals surface area contributed by atoms with Crippen molar-refractivity contribution in [3.8, 4) is 0 Å². The molecule has 4 heteroatoms. The van der Waals surface area contributed by atoms with Gasteiger partial charge in [-0.3, -0.25) is 4.79 Å². The third-order valence-corrected chi connectivity index (χ3v) is 3.35. The van der Waals surface area contributed by atoms with Gasteiger partial charge in [0.05, 0.1) is 12.0 Å². The molecular weight excluding hydrogens is 208 g/mol. The van der Waals surface area contributed by atoms with Crippen molar-refractivity contribution in [2.45, 2.75) is 45.1 Å². The molecule has 1 heterocycles. The summed E-state index contributed by atoms with van der Waals surface area (Å²) < 4.78 is 5.21. The minimum Gasteiger partial charge on any atom is -0.481 e. The van der Waals surface area contributed by atoms with Crippen LogP contribution in [0.15, 0.2) is 0 Å². The second-order valence-corrected chi connectivity index (χ2v) is 4.53. The molecular formula is C12H22O4. The van der Waals surface area contributed by atoms with Crippen LogP contribution >= 0.6 is 0 Å². The number of aliphatic hydroxyl groups is 1. The fourth-order valence-electron chi connectivity index (χ4n) is 2.25. The van der Waals surface area contributed by atoms with E-state index in [1.807, 2.05) is 6.92 Å². The minimum atomic E-state index is -0.868. The molecule has 0 radical (unpaired) electrons. The van der Waals surface area contributed by atoms with E-state index in [1.54, 1.807) is 0 Å². The Morgan fingerprint density at radius 1 is 1.44 bits per heavy atom. The molecule has 4 nitrogen and oxygen atoms in total. The predicted octanol–water partition coefficient (Wildman–Crippen LogP) is 1.66. The summed E-state index contributed by atoms with van der Waals surface area (Å²) in [4.78, 5) is 11.1. The fraction of sp³-hybridized carbons (Fsp3) is 0.917. The highest BCUT2D eigenvalue weighted by Crippen LogP contribution is 2.26. The highest BCUT2D eigenvalue weighted by molar-refractivity contribution is 5.70. The van der Waals surface area contributed by atoms with Crippen molar-refractivity contribution >= 4 is 5.97 Å². The number of aliphatic hydroxyl groups excluding tert-OH is 1. The molecule has 0 aromatic rings. The molecule has 16 heavy (non-hydrogen) atoms. The lowest BCUT2D eigenvalue weighted by Gasteiger charge is -2.30. The minimum absolute atomic E-state index is 0.0895. The molecule has 2 unspecified atom stereocenters. The summed E-state index contributed by atoms with van der Waals surface area (Å²) in [6.07, 6.45) is 3.23. The molecule has 1 aliphatic heterocycles. The smallest absolute Gasteiger partial charge is 0.309 e. The number of hydrogen-bond donors (Lipinski definition) is 2. The van der Waals surface area contributed by atoms with Gasteiger partial charge in [0.15, 0.2) is 0 Å². The van der Waals surface area contributed by atoms with Crippen molar-refractivity contribution in [3.05, 3.63) is 0 Å². The van der Waals surface area contributed by atoms with Gasteiger partial charge in [0.1, 0.15) is 0 Å². The number of hydrogen-bond acceptors (Lipinski definition) is 3. The molecule has 0 saturated carbocycles. The van der Waals surface area contributed by atoms with Crippen LogP contribution in [-0.2, 0) is 9.53 Å². The number of carboxylic acids is 1. The lowest BCUT2D eigenvalue weighted by Crippen LogP contribution is -2.37. The predicted molar refractivity (Wildman–Crippen MR) is 60.2 cm³/mol. The van der Waals surface area contributed by atoms with Gasteiger partial charge in [0, 0.05) is 13.2 Å². The number of ether oxygens (including phenoxy) is 1. The first-order valence-corrected chi connectivity index (χ1v) is 6.15. The molecule has 1 fully saturated rings. The molecule has 1 rings (SSSR count). The molecule has 0 amide bonds. The van der Waals surface area contributed by atoms with Gasteiger partial charge >= 0.3 is 5.97 Å². The summed E-state index contributed by atoms with van der Waals surface area (Å²) in [7, 11) is 0. The Balaban J connectivity index is 2.50. The standard InChI is InChI=1S/C12H22O4/c1-2-3-4-10(12(14)15)11(13)9-5-7-16-8-6-9/h9-11,13H,2-8H2,1H3,(H,14,15). The molecule has 2 atom stereocenters. The molecule has 0 aromatic heterocycles. The van der Waals surface area contributed by atoms with E-state index in [2.05, 4.69) is 0 Å². The first kappa shape index (κ1) is 13.5. The second kappa shape index (κ2) is 6.86. The van der Waals surface area contributed by atoms with E-state index in [9.17, 15) is 9.90 Å². The number of unbranched alkanes of at least 4 members (excludes halogenated alkanes) is 1. The molecule has 2 N–H and O–H groups in total. The number of aliphatic carboxylic acids is 1. The maximum Gasteiger partial charge on any atom is 0.309 e. The summed E-state index contributed by atoms with van der Waals surface area (Å²) in [5.41, 5.74) is 0. The highest BCUT2D eigenvalue weighted by Gasteiger charge is 2.33. The quantitative estimate of drug-likeness (QED) is 0.728. The van der Waals surface area contributed by atoms with Crippen LogP contribution in [0.25, 0.3) is 0 Å². The van der Waals surface area contributed by atoms with E-state index in [0.29, 0.717) is 19.6 Å². The van der Waals surface area contributed by atoms with Crippen molar-refractivity contribution in [3.63, 3.8) is 0 Å². The average Bonchev–Trinajstić information content (AvgIpc) is 2.30. The van der Waals surface area contributed by atoms with E-state index >= 15 is 0 Å². The van der Waals surface area contributed by atoms with E-state index in [-0.39, 0.29) is 5.92 Å². The zero-order chi connectivity index (χ0) is 12.0. The van der Waals surface area contributed by atoms with E-state index in [1.165, 1.54) is 0 Å². The van der Waals surface area contributed by atoms with Crippen molar-refractivity contribution in [1.29, 1.82) is 0 Å². The summed E-state index contributed by atoms with van der Waals surface area (Å²) in [5.74, 6) is -1.39. The maximum absolute atomic E-state index is 11.1. The fourth-order valence-corrected chi connectivity index (χ4v) is 2.25. The summed E-state index contributed by atoms with van der Waals surface area (Å²) in [6.45, 7) is 3.31. The van der Waals surface area contributed by atoms with Crippen LogP contribution in [0.5, 0.6) is 0 Å². The van der Waals surface area contributed by atoms with Gasteiger partial charge in [-0.15, -0.1) is 0 Å². The Morgan fingerprint density at radius 3 is 2.56 bits per heavy atom. The van der Waals surface area contributed by atoms with Gasteiger partial charge in [-0.2, -0.15) is 0 Å². The first-order chi connectivity index (χ1) is 7.66. The van der Waals surface area contributed by atoms with E-state index < -0.39 is 18.0 Å². The van der Waals surface area contributed by atoms with Crippen LogP contribution in [-0.4, -0.2) is 35.5 Å². The van der Waals surface area contributed by atoms with Crippen LogP contribution in [0.2, 0.25) is 0 Å². The van der Waals surface area contributed by atoms with Gasteiger partial charge in [-0.05, 0) is 25.2 Å². The number of carbonyl (C=O) groups is 1. The number of carboxylic acid groups (broad SMARTS) is 1. The topological polar surface area (TPSA) is 66.8 Å².